The summed E-state index contributed by atoms with van der Waals surface area (Å²) in [7, 11) is 0. The largest absolute Gasteiger partial charge is 0.481 e. The van der Waals surface area contributed by atoms with Gasteiger partial charge in [0.1, 0.15) is 0 Å². The Morgan fingerprint density at radius 1 is 0.950 bits per heavy atom. The third-order valence-corrected chi connectivity index (χ3v) is 3.18. The first kappa shape index (κ1) is 14.3. The van der Waals surface area contributed by atoms with Crippen molar-refractivity contribution < 1.29 is 9.90 Å². The molecule has 2 aromatic carbocycles. The van der Waals surface area contributed by atoms with E-state index < -0.39 is 5.97 Å². The Labute approximate surface area is 119 Å². The number of carboxylic acids is 1. The van der Waals surface area contributed by atoms with Crippen molar-refractivity contribution in [2.75, 3.05) is 0 Å². The minimum atomic E-state index is -0.772. The van der Waals surface area contributed by atoms with Crippen molar-refractivity contribution >= 4 is 5.97 Å². The fourth-order valence-electron chi connectivity index (χ4n) is 2.18. The van der Waals surface area contributed by atoms with Crippen LogP contribution in [-0.4, -0.2) is 17.1 Å². The molecule has 0 aliphatic rings. The lowest BCUT2D eigenvalue weighted by Gasteiger charge is -2.17. The fraction of sp³-hybridized carbons (Fsp3) is 0.235. The summed E-state index contributed by atoms with van der Waals surface area (Å²) in [5, 5.41) is 12.4. The number of aliphatic carboxylic acids is 1. The first-order chi connectivity index (χ1) is 9.74. The van der Waals surface area contributed by atoms with E-state index in [1.165, 1.54) is 0 Å². The summed E-state index contributed by atoms with van der Waals surface area (Å²) in [6, 6.07) is 19.9. The average Bonchev–Trinajstić information content (AvgIpc) is 2.46. The monoisotopic (exact) mass is 269 g/mol. The summed E-state index contributed by atoms with van der Waals surface area (Å²) in [6.45, 7) is 0.686. The predicted octanol–water partition coefficient (Wildman–Crippen LogP) is 2.86. The van der Waals surface area contributed by atoms with Crippen LogP contribution in [0.3, 0.4) is 0 Å². The summed E-state index contributed by atoms with van der Waals surface area (Å²) in [6.07, 6.45) is 0.849. The molecule has 0 saturated heterocycles. The maximum atomic E-state index is 11.0. The highest BCUT2D eigenvalue weighted by atomic mass is 16.4. The number of rotatable bonds is 7. The van der Waals surface area contributed by atoms with Gasteiger partial charge >= 0.3 is 5.97 Å². The highest BCUT2D eigenvalue weighted by molar-refractivity contribution is 5.67. The van der Waals surface area contributed by atoms with Gasteiger partial charge in [-0.3, -0.25) is 4.79 Å². The van der Waals surface area contributed by atoms with Crippen LogP contribution in [0.4, 0.5) is 0 Å². The van der Waals surface area contributed by atoms with Crippen LogP contribution in [0.2, 0.25) is 0 Å². The Morgan fingerprint density at radius 3 is 2.05 bits per heavy atom. The van der Waals surface area contributed by atoms with E-state index in [2.05, 4.69) is 5.32 Å². The molecule has 0 unspecified atom stereocenters. The third kappa shape index (κ3) is 4.86. The van der Waals surface area contributed by atoms with Gasteiger partial charge in [-0.05, 0) is 17.5 Å². The molecule has 0 saturated carbocycles. The predicted molar refractivity (Wildman–Crippen MR) is 79.5 cm³/mol. The van der Waals surface area contributed by atoms with E-state index in [-0.39, 0.29) is 12.5 Å². The highest BCUT2D eigenvalue weighted by Gasteiger charge is 2.13. The van der Waals surface area contributed by atoms with Crippen molar-refractivity contribution in [3.05, 3.63) is 71.8 Å². The normalized spacial score (nSPS) is 12.0. The molecule has 0 amide bonds. The molecule has 0 heterocycles. The second-order valence-electron chi connectivity index (χ2n) is 4.85. The minimum absolute atomic E-state index is 0.0601. The molecule has 0 spiro atoms. The molecule has 2 N–H and O–H groups in total. The zero-order valence-electron chi connectivity index (χ0n) is 11.3. The zero-order valence-corrected chi connectivity index (χ0v) is 11.3. The van der Waals surface area contributed by atoms with Crippen LogP contribution in [0.15, 0.2) is 60.7 Å². The Morgan fingerprint density at radius 2 is 1.50 bits per heavy atom. The Bertz CT molecular complexity index is 525. The average molecular weight is 269 g/mol. The van der Waals surface area contributed by atoms with Gasteiger partial charge in [0, 0.05) is 12.6 Å². The van der Waals surface area contributed by atoms with E-state index in [9.17, 15) is 4.79 Å². The van der Waals surface area contributed by atoms with Crippen LogP contribution in [-0.2, 0) is 17.8 Å². The second kappa shape index (κ2) is 7.46. The molecule has 3 nitrogen and oxygen atoms in total. The smallest absolute Gasteiger partial charge is 0.304 e. The van der Waals surface area contributed by atoms with E-state index in [1.54, 1.807) is 0 Å². The summed E-state index contributed by atoms with van der Waals surface area (Å²) < 4.78 is 0. The maximum Gasteiger partial charge on any atom is 0.304 e. The van der Waals surface area contributed by atoms with Crippen LogP contribution in [0, 0.1) is 0 Å². The zero-order chi connectivity index (χ0) is 14.2. The molecule has 0 bridgehead atoms. The second-order valence-corrected chi connectivity index (χ2v) is 4.85. The molecule has 1 atom stereocenters. The molecule has 2 rings (SSSR count). The van der Waals surface area contributed by atoms with Crippen LogP contribution in [0.1, 0.15) is 17.5 Å². The Hall–Kier alpha value is -2.13. The van der Waals surface area contributed by atoms with E-state index in [0.717, 1.165) is 17.5 Å². The van der Waals surface area contributed by atoms with Crippen LogP contribution < -0.4 is 5.32 Å². The van der Waals surface area contributed by atoms with Crippen LogP contribution in [0.5, 0.6) is 0 Å². The molecular weight excluding hydrogens is 250 g/mol. The van der Waals surface area contributed by atoms with Crippen LogP contribution >= 0.6 is 0 Å². The molecule has 0 aliphatic carbocycles. The molecule has 3 heteroatoms. The van der Waals surface area contributed by atoms with Crippen molar-refractivity contribution in [3.8, 4) is 0 Å². The first-order valence-electron chi connectivity index (χ1n) is 6.77. The molecule has 0 aliphatic heterocycles. The van der Waals surface area contributed by atoms with E-state index in [0.29, 0.717) is 6.54 Å². The minimum Gasteiger partial charge on any atom is -0.481 e. The fourth-order valence-corrected chi connectivity index (χ4v) is 2.18. The van der Waals surface area contributed by atoms with E-state index >= 15 is 0 Å². The molecule has 20 heavy (non-hydrogen) atoms. The molecule has 0 fully saturated rings. The lowest BCUT2D eigenvalue weighted by Crippen LogP contribution is -2.33. The van der Waals surface area contributed by atoms with Crippen molar-refractivity contribution in [2.45, 2.75) is 25.4 Å². The van der Waals surface area contributed by atoms with Gasteiger partial charge in [-0.15, -0.1) is 0 Å². The van der Waals surface area contributed by atoms with Crippen molar-refractivity contribution in [2.24, 2.45) is 0 Å². The molecule has 0 radical (unpaired) electrons. The van der Waals surface area contributed by atoms with Crippen molar-refractivity contribution in [1.82, 2.24) is 5.32 Å². The number of hydrogen-bond donors (Lipinski definition) is 2. The highest BCUT2D eigenvalue weighted by Crippen LogP contribution is 2.07. The lowest BCUT2D eigenvalue weighted by molar-refractivity contribution is -0.137. The molecule has 104 valence electrons. The summed E-state index contributed by atoms with van der Waals surface area (Å²) in [5.74, 6) is -0.772. The van der Waals surface area contributed by atoms with Gasteiger partial charge in [0.05, 0.1) is 6.42 Å². The van der Waals surface area contributed by atoms with Crippen molar-refractivity contribution in [1.29, 1.82) is 0 Å². The SMILES string of the molecule is O=C(O)C[C@@H](Cc1ccccc1)NCc1ccccc1. The van der Waals surface area contributed by atoms with Gasteiger partial charge < -0.3 is 10.4 Å². The third-order valence-electron chi connectivity index (χ3n) is 3.18. The van der Waals surface area contributed by atoms with E-state index in [1.807, 2.05) is 60.7 Å². The summed E-state index contributed by atoms with van der Waals surface area (Å²) >= 11 is 0. The maximum absolute atomic E-state index is 11.0. The summed E-state index contributed by atoms with van der Waals surface area (Å²) in [4.78, 5) is 11.0. The number of carbonyl (C=O) groups is 1. The van der Waals surface area contributed by atoms with Gasteiger partial charge in [-0.2, -0.15) is 0 Å². The van der Waals surface area contributed by atoms with Gasteiger partial charge in [0.2, 0.25) is 0 Å². The van der Waals surface area contributed by atoms with Gasteiger partial charge in [-0.25, -0.2) is 0 Å². The summed E-state index contributed by atoms with van der Waals surface area (Å²) in [5.41, 5.74) is 2.32. The van der Waals surface area contributed by atoms with Crippen molar-refractivity contribution in [3.63, 3.8) is 0 Å². The first-order valence-corrected chi connectivity index (χ1v) is 6.77. The Kier molecular flexibility index (Phi) is 5.33. The van der Waals surface area contributed by atoms with Gasteiger partial charge in [-0.1, -0.05) is 60.7 Å². The van der Waals surface area contributed by atoms with Crippen LogP contribution in [0.25, 0.3) is 0 Å². The van der Waals surface area contributed by atoms with Gasteiger partial charge in [0.15, 0.2) is 0 Å². The number of carboxylic acid groups (broad SMARTS) is 1. The quantitative estimate of drug-likeness (QED) is 0.812. The number of benzene rings is 2. The topological polar surface area (TPSA) is 49.3 Å². The molecule has 2 aromatic rings. The molecular formula is C17H19NO2. The van der Waals surface area contributed by atoms with E-state index in [4.69, 9.17) is 5.11 Å². The number of nitrogens with one attached hydrogen (secondary N) is 1. The Balaban J connectivity index is 1.95. The number of hydrogen-bond acceptors (Lipinski definition) is 2. The lowest BCUT2D eigenvalue weighted by atomic mass is 10.0. The standard InChI is InChI=1S/C17H19NO2/c19-17(20)12-16(11-14-7-3-1-4-8-14)18-13-15-9-5-2-6-10-15/h1-10,16,18H,11-13H2,(H,19,20)/t16-/m1/s1. The van der Waals surface area contributed by atoms with Gasteiger partial charge in [0.25, 0.3) is 0 Å². The molecule has 0 aromatic heterocycles.